The van der Waals surface area contributed by atoms with Crippen LogP contribution in [0.5, 0.6) is 5.75 Å². The van der Waals surface area contributed by atoms with Crippen molar-refractivity contribution in [3.8, 4) is 5.75 Å². The van der Waals surface area contributed by atoms with Gasteiger partial charge in [-0.25, -0.2) is 18.1 Å². The molecule has 36 heavy (non-hydrogen) atoms. The molecule has 1 aromatic heterocycles. The molecule has 0 aliphatic rings. The number of amides is 1. The highest BCUT2D eigenvalue weighted by atomic mass is 35.5. The van der Waals surface area contributed by atoms with E-state index in [1.807, 2.05) is 35.8 Å². The number of fused-ring (bicyclic) bond motifs is 1. The maximum Gasteiger partial charge on any atom is 0.305 e. The lowest BCUT2D eigenvalue weighted by Crippen LogP contribution is -2.37. The second-order valence-electron chi connectivity index (χ2n) is 7.99. The van der Waals surface area contributed by atoms with E-state index in [9.17, 15) is 22.8 Å². The van der Waals surface area contributed by atoms with Crippen molar-refractivity contribution >= 4 is 57.3 Å². The Bertz CT molecular complexity index is 1370. The van der Waals surface area contributed by atoms with Crippen LogP contribution in [0.3, 0.4) is 0 Å². The van der Waals surface area contributed by atoms with Gasteiger partial charge >= 0.3 is 5.97 Å². The Labute approximate surface area is 214 Å². The molecular weight excluding hydrogens is 512 g/mol. The van der Waals surface area contributed by atoms with E-state index >= 15 is 0 Å². The van der Waals surface area contributed by atoms with E-state index in [4.69, 9.17) is 9.84 Å². The number of carboxylic acids is 1. The van der Waals surface area contributed by atoms with Crippen LogP contribution < -0.4 is 14.8 Å². The zero-order valence-corrected chi connectivity index (χ0v) is 21.4. The molecular formula is C23H27ClN4O7S. The van der Waals surface area contributed by atoms with Gasteiger partial charge in [0.2, 0.25) is 15.9 Å². The lowest BCUT2D eigenvalue weighted by molar-refractivity contribution is -0.138. The van der Waals surface area contributed by atoms with Gasteiger partial charge in [0, 0.05) is 18.7 Å². The number of carbonyl (C=O) groups excluding carboxylic acids is 2. The smallest absolute Gasteiger partial charge is 0.305 e. The summed E-state index contributed by atoms with van der Waals surface area (Å²) in [5, 5.41) is 11.5. The number of carboxylic acid groups (broad SMARTS) is 1. The van der Waals surface area contributed by atoms with Crippen molar-refractivity contribution in [2.75, 3.05) is 5.32 Å². The van der Waals surface area contributed by atoms with Crippen LogP contribution in [0.4, 0.5) is 5.69 Å². The Morgan fingerprint density at radius 2 is 1.92 bits per heavy atom. The molecule has 0 saturated heterocycles. The molecule has 0 aliphatic heterocycles. The minimum Gasteiger partial charge on any atom is -0.487 e. The van der Waals surface area contributed by atoms with E-state index < -0.39 is 34.6 Å². The third-order valence-corrected chi connectivity index (χ3v) is 6.56. The van der Waals surface area contributed by atoms with Gasteiger partial charge in [-0.15, -0.1) is 12.4 Å². The first-order valence-corrected chi connectivity index (χ1v) is 12.2. The van der Waals surface area contributed by atoms with E-state index in [1.54, 1.807) is 6.92 Å². The van der Waals surface area contributed by atoms with E-state index in [0.29, 0.717) is 12.2 Å². The van der Waals surface area contributed by atoms with Crippen LogP contribution in [0, 0.1) is 6.92 Å². The van der Waals surface area contributed by atoms with Crippen molar-refractivity contribution in [1.29, 1.82) is 0 Å². The van der Waals surface area contributed by atoms with Crippen LogP contribution in [0.1, 0.15) is 26.1 Å². The third kappa shape index (κ3) is 7.03. The molecule has 3 aromatic rings. The number of benzene rings is 2. The number of hydrogen-bond acceptors (Lipinski definition) is 7. The third-order valence-electron chi connectivity index (χ3n) is 5.03. The number of imidazole rings is 1. The van der Waals surface area contributed by atoms with Crippen molar-refractivity contribution in [2.45, 2.75) is 50.8 Å². The number of sulfonamides is 1. The van der Waals surface area contributed by atoms with Crippen LogP contribution in [0.15, 0.2) is 47.4 Å². The lowest BCUT2D eigenvalue weighted by atomic mass is 10.2. The second kappa shape index (κ2) is 12.0. The molecule has 1 amide bonds. The Morgan fingerprint density at radius 1 is 1.22 bits per heavy atom. The van der Waals surface area contributed by atoms with Gasteiger partial charge in [-0.3, -0.25) is 9.59 Å². The van der Waals surface area contributed by atoms with Gasteiger partial charge in [-0.1, -0.05) is 12.1 Å². The van der Waals surface area contributed by atoms with Crippen LogP contribution in [0.2, 0.25) is 0 Å². The van der Waals surface area contributed by atoms with Gasteiger partial charge < -0.3 is 24.5 Å². The predicted octanol–water partition coefficient (Wildman–Crippen LogP) is 2.51. The summed E-state index contributed by atoms with van der Waals surface area (Å²) in [6.45, 7) is 5.26. The first kappa shape index (κ1) is 28.8. The summed E-state index contributed by atoms with van der Waals surface area (Å²) in [6.07, 6.45) is -1.03. The van der Waals surface area contributed by atoms with Gasteiger partial charge in [0.25, 0.3) is 0 Å². The van der Waals surface area contributed by atoms with E-state index in [1.165, 1.54) is 25.1 Å². The Kier molecular flexibility index (Phi) is 9.56. The number of rotatable bonds is 11. The minimum atomic E-state index is -4.35. The van der Waals surface area contributed by atoms with Crippen LogP contribution in [-0.4, -0.2) is 53.4 Å². The monoisotopic (exact) mass is 538 g/mol. The molecule has 3 N–H and O–H groups in total. The van der Waals surface area contributed by atoms with Gasteiger partial charge in [-0.2, -0.15) is 0 Å². The summed E-state index contributed by atoms with van der Waals surface area (Å²) in [5.41, 5.74) is 2.01. The first-order chi connectivity index (χ1) is 16.5. The average Bonchev–Trinajstić information content (AvgIpc) is 3.07. The number of ether oxygens (including phenoxy) is 1. The quantitative estimate of drug-likeness (QED) is 0.314. The van der Waals surface area contributed by atoms with Gasteiger partial charge in [0.15, 0.2) is 0 Å². The van der Waals surface area contributed by atoms with Crippen molar-refractivity contribution < 1.29 is 32.6 Å². The fourth-order valence-electron chi connectivity index (χ4n) is 3.61. The average molecular weight is 539 g/mol. The normalized spacial score (nSPS) is 12.9. The number of nitrogens with one attached hydrogen (secondary N) is 2. The number of nitrogens with zero attached hydrogens (tertiary/aromatic N) is 2. The number of carbonyl (C=O) groups is 3. The van der Waals surface area contributed by atoms with Crippen LogP contribution >= 0.6 is 12.4 Å². The van der Waals surface area contributed by atoms with Crippen molar-refractivity contribution in [3.05, 3.63) is 48.3 Å². The predicted molar refractivity (Wildman–Crippen MR) is 135 cm³/mol. The summed E-state index contributed by atoms with van der Waals surface area (Å²) in [6, 6.07) is 10.1. The molecule has 0 fully saturated rings. The van der Waals surface area contributed by atoms with Gasteiger partial charge in [0.05, 0.1) is 30.0 Å². The maximum atomic E-state index is 13.0. The second-order valence-corrected chi connectivity index (χ2v) is 9.67. The summed E-state index contributed by atoms with van der Waals surface area (Å²) >= 11 is 0. The molecule has 13 heteroatoms. The zero-order chi connectivity index (χ0) is 25.8. The number of aromatic nitrogens is 2. The molecule has 2 aromatic carbocycles. The molecule has 194 valence electrons. The highest BCUT2D eigenvalue weighted by Crippen LogP contribution is 2.29. The number of aliphatic carboxylic acids is 1. The highest BCUT2D eigenvalue weighted by Gasteiger charge is 2.26. The number of halogens is 1. The first-order valence-electron chi connectivity index (χ1n) is 10.7. The number of para-hydroxylation sites is 2. The fourth-order valence-corrected chi connectivity index (χ4v) is 4.89. The Morgan fingerprint density at radius 3 is 2.56 bits per heavy atom. The standard InChI is InChI=1S/C23H26N4O7S.ClH/c1-14(12-27-15(2)24-19-6-4-5-7-20(19)27)34-21-10-17(25-16(3)29)8-9-22(21)35(32,33)26-18(13-28)11-23(30)31;/h4-10,13-14,18,26H,11-12H2,1-3H3,(H,25,29)(H,30,31);1H/t14-,18?;/m1./s1. The van der Waals surface area contributed by atoms with E-state index in [2.05, 4.69) is 15.0 Å². The summed E-state index contributed by atoms with van der Waals surface area (Å²) in [4.78, 5) is 37.9. The van der Waals surface area contributed by atoms with Crippen LogP contribution in [0.25, 0.3) is 11.0 Å². The lowest BCUT2D eigenvalue weighted by Gasteiger charge is -2.21. The Hall–Kier alpha value is -3.48. The molecule has 1 heterocycles. The maximum absolute atomic E-state index is 13.0. The number of anilines is 1. The number of aryl methyl sites for hydroxylation is 1. The Balaban J connectivity index is 0.00000456. The number of aldehydes is 1. The fraction of sp³-hybridized carbons (Fsp3) is 0.304. The summed E-state index contributed by atoms with van der Waals surface area (Å²) in [7, 11) is -4.35. The molecule has 0 bridgehead atoms. The SMILES string of the molecule is CC(=O)Nc1ccc(S(=O)(=O)NC(C=O)CC(=O)O)c(O[C@H](C)Cn2c(C)nc3ccccc32)c1.Cl. The van der Waals surface area contributed by atoms with Crippen molar-refractivity contribution in [2.24, 2.45) is 0 Å². The molecule has 0 radical (unpaired) electrons. The van der Waals surface area contributed by atoms with E-state index in [-0.39, 0.29) is 35.2 Å². The molecule has 3 rings (SSSR count). The number of hydrogen-bond donors (Lipinski definition) is 3. The summed E-state index contributed by atoms with van der Waals surface area (Å²) < 4.78 is 36.1. The molecule has 0 saturated carbocycles. The molecule has 11 nitrogen and oxygen atoms in total. The minimum absolute atomic E-state index is 0. The molecule has 2 atom stereocenters. The molecule has 1 unspecified atom stereocenters. The summed E-state index contributed by atoms with van der Waals surface area (Å²) in [5.74, 6) is -1.01. The molecule has 0 aliphatic carbocycles. The highest BCUT2D eigenvalue weighted by molar-refractivity contribution is 7.89. The largest absolute Gasteiger partial charge is 0.487 e. The topological polar surface area (TPSA) is 157 Å². The van der Waals surface area contributed by atoms with Gasteiger partial charge in [0.1, 0.15) is 28.9 Å². The van der Waals surface area contributed by atoms with Crippen molar-refractivity contribution in [1.82, 2.24) is 14.3 Å². The zero-order valence-electron chi connectivity index (χ0n) is 19.8. The molecule has 0 spiro atoms. The van der Waals surface area contributed by atoms with Crippen molar-refractivity contribution in [3.63, 3.8) is 0 Å². The van der Waals surface area contributed by atoms with Gasteiger partial charge in [-0.05, 0) is 38.1 Å². The van der Waals surface area contributed by atoms with E-state index in [0.717, 1.165) is 16.9 Å². The van der Waals surface area contributed by atoms with Crippen LogP contribution in [-0.2, 0) is 31.0 Å².